The predicted molar refractivity (Wildman–Crippen MR) is 76.0 cm³/mol. The van der Waals surface area contributed by atoms with Crippen molar-refractivity contribution in [3.8, 4) is 0 Å². The van der Waals surface area contributed by atoms with E-state index >= 15 is 0 Å². The van der Waals surface area contributed by atoms with Gasteiger partial charge in [-0.1, -0.05) is 49.5 Å². The molecular formula is C13H25BrS. The van der Waals surface area contributed by atoms with E-state index in [0.29, 0.717) is 0 Å². The molecule has 0 aromatic carbocycles. The van der Waals surface area contributed by atoms with Crippen LogP contribution in [0.2, 0.25) is 0 Å². The molecule has 0 aliphatic heterocycles. The fourth-order valence-electron chi connectivity index (χ4n) is 2.20. The molecule has 3 unspecified atom stereocenters. The molecule has 1 aliphatic rings. The van der Waals surface area contributed by atoms with Crippen molar-refractivity contribution in [2.45, 2.75) is 51.7 Å². The molecule has 0 heterocycles. The number of thioether (sulfide) groups is 1. The minimum atomic E-state index is 0.817. The van der Waals surface area contributed by atoms with Crippen LogP contribution in [0.4, 0.5) is 0 Å². The van der Waals surface area contributed by atoms with Crippen LogP contribution in [-0.2, 0) is 0 Å². The van der Waals surface area contributed by atoms with E-state index in [0.717, 1.165) is 23.0 Å². The zero-order valence-corrected chi connectivity index (χ0v) is 12.7. The summed E-state index contributed by atoms with van der Waals surface area (Å²) in [5.74, 6) is 3.99. The van der Waals surface area contributed by atoms with Crippen LogP contribution in [0.25, 0.3) is 0 Å². The van der Waals surface area contributed by atoms with Gasteiger partial charge in [0.25, 0.3) is 0 Å². The van der Waals surface area contributed by atoms with Gasteiger partial charge in [-0.15, -0.1) is 0 Å². The first-order chi connectivity index (χ1) is 7.13. The van der Waals surface area contributed by atoms with Crippen molar-refractivity contribution in [1.82, 2.24) is 0 Å². The van der Waals surface area contributed by atoms with Crippen molar-refractivity contribution in [3.63, 3.8) is 0 Å². The normalized spacial score (nSPS) is 29.4. The molecule has 15 heavy (non-hydrogen) atoms. The highest BCUT2D eigenvalue weighted by atomic mass is 79.9. The topological polar surface area (TPSA) is 0 Å². The Labute approximate surface area is 108 Å². The average Bonchev–Trinajstić information content (AvgIpc) is 2.18. The Hall–Kier alpha value is 0.830. The SMILES string of the molecule is CC1CCCC(SCC(CBr)C(C)C)C1. The summed E-state index contributed by atoms with van der Waals surface area (Å²) in [6, 6.07) is 0. The van der Waals surface area contributed by atoms with Crippen molar-refractivity contribution in [2.75, 3.05) is 11.1 Å². The first-order valence-corrected chi connectivity index (χ1v) is 8.48. The largest absolute Gasteiger partial charge is 0.158 e. The van der Waals surface area contributed by atoms with Gasteiger partial charge in [-0.05, 0) is 36.3 Å². The van der Waals surface area contributed by atoms with Gasteiger partial charge < -0.3 is 0 Å². The van der Waals surface area contributed by atoms with Gasteiger partial charge in [-0.25, -0.2) is 0 Å². The van der Waals surface area contributed by atoms with Crippen LogP contribution in [0.15, 0.2) is 0 Å². The highest BCUT2D eigenvalue weighted by molar-refractivity contribution is 9.09. The molecule has 0 nitrogen and oxygen atoms in total. The average molecular weight is 293 g/mol. The van der Waals surface area contributed by atoms with E-state index in [-0.39, 0.29) is 0 Å². The van der Waals surface area contributed by atoms with Crippen molar-refractivity contribution >= 4 is 27.7 Å². The van der Waals surface area contributed by atoms with Gasteiger partial charge in [0, 0.05) is 10.6 Å². The molecule has 0 amide bonds. The van der Waals surface area contributed by atoms with E-state index in [4.69, 9.17) is 0 Å². The molecule has 1 saturated carbocycles. The van der Waals surface area contributed by atoms with E-state index < -0.39 is 0 Å². The Morgan fingerprint density at radius 1 is 1.33 bits per heavy atom. The van der Waals surface area contributed by atoms with Crippen LogP contribution in [0.3, 0.4) is 0 Å². The van der Waals surface area contributed by atoms with E-state index in [1.165, 1.54) is 36.8 Å². The zero-order chi connectivity index (χ0) is 11.3. The maximum atomic E-state index is 3.64. The summed E-state index contributed by atoms with van der Waals surface area (Å²) in [7, 11) is 0. The fraction of sp³-hybridized carbons (Fsp3) is 1.00. The first-order valence-electron chi connectivity index (χ1n) is 6.31. The van der Waals surface area contributed by atoms with Gasteiger partial charge in [-0.2, -0.15) is 11.8 Å². The molecule has 90 valence electrons. The fourth-order valence-corrected chi connectivity index (χ4v) is 5.30. The van der Waals surface area contributed by atoms with Crippen LogP contribution >= 0.6 is 27.7 Å². The van der Waals surface area contributed by atoms with Crippen molar-refractivity contribution in [2.24, 2.45) is 17.8 Å². The van der Waals surface area contributed by atoms with Crippen molar-refractivity contribution in [1.29, 1.82) is 0 Å². The van der Waals surface area contributed by atoms with Gasteiger partial charge >= 0.3 is 0 Å². The molecule has 0 N–H and O–H groups in total. The number of rotatable bonds is 5. The second kappa shape index (κ2) is 7.21. The summed E-state index contributed by atoms with van der Waals surface area (Å²) in [4.78, 5) is 0. The van der Waals surface area contributed by atoms with Crippen LogP contribution in [0.5, 0.6) is 0 Å². The van der Waals surface area contributed by atoms with Crippen LogP contribution in [-0.4, -0.2) is 16.3 Å². The summed E-state index contributed by atoms with van der Waals surface area (Å²) in [5, 5.41) is 2.12. The van der Waals surface area contributed by atoms with E-state index in [1.54, 1.807) is 0 Å². The lowest BCUT2D eigenvalue weighted by Gasteiger charge is -2.28. The third kappa shape index (κ3) is 5.12. The lowest BCUT2D eigenvalue weighted by molar-refractivity contribution is 0.393. The lowest BCUT2D eigenvalue weighted by Crippen LogP contribution is -2.19. The molecule has 1 aliphatic carbocycles. The number of hydrogen-bond donors (Lipinski definition) is 0. The molecule has 0 spiro atoms. The Bertz CT molecular complexity index is 170. The summed E-state index contributed by atoms with van der Waals surface area (Å²) in [5.41, 5.74) is 0. The quantitative estimate of drug-likeness (QED) is 0.645. The summed E-state index contributed by atoms with van der Waals surface area (Å²) < 4.78 is 0. The highest BCUT2D eigenvalue weighted by Crippen LogP contribution is 2.33. The van der Waals surface area contributed by atoms with Crippen LogP contribution in [0.1, 0.15) is 46.5 Å². The second-order valence-electron chi connectivity index (χ2n) is 5.39. The smallest absolute Gasteiger partial charge is 0.00700 e. The third-order valence-electron chi connectivity index (χ3n) is 3.58. The Kier molecular flexibility index (Phi) is 6.68. The highest BCUT2D eigenvalue weighted by Gasteiger charge is 2.21. The number of hydrogen-bond acceptors (Lipinski definition) is 1. The second-order valence-corrected chi connectivity index (χ2v) is 7.37. The zero-order valence-electron chi connectivity index (χ0n) is 10.3. The van der Waals surface area contributed by atoms with E-state index in [1.807, 2.05) is 0 Å². The number of halogens is 1. The summed E-state index contributed by atoms with van der Waals surface area (Å²) in [6.07, 6.45) is 5.84. The number of alkyl halides is 1. The van der Waals surface area contributed by atoms with Crippen LogP contribution in [0, 0.1) is 17.8 Å². The van der Waals surface area contributed by atoms with Gasteiger partial charge in [0.05, 0.1) is 0 Å². The molecule has 0 saturated heterocycles. The molecule has 0 bridgehead atoms. The van der Waals surface area contributed by atoms with Crippen molar-refractivity contribution < 1.29 is 0 Å². The Morgan fingerprint density at radius 2 is 2.07 bits per heavy atom. The minimum absolute atomic E-state index is 0.817. The van der Waals surface area contributed by atoms with Gasteiger partial charge in [0.15, 0.2) is 0 Å². The monoisotopic (exact) mass is 292 g/mol. The molecule has 1 rings (SSSR count). The standard InChI is InChI=1S/C13H25BrS/c1-10(2)12(8-14)9-15-13-6-4-5-11(3)7-13/h10-13H,4-9H2,1-3H3. The molecule has 0 radical (unpaired) electrons. The van der Waals surface area contributed by atoms with Gasteiger partial charge in [0.1, 0.15) is 0 Å². The molecule has 2 heteroatoms. The van der Waals surface area contributed by atoms with Crippen LogP contribution < -0.4 is 0 Å². The molecule has 3 atom stereocenters. The third-order valence-corrected chi connectivity index (χ3v) is 5.93. The first kappa shape index (κ1) is 13.9. The molecule has 0 aromatic heterocycles. The minimum Gasteiger partial charge on any atom is -0.158 e. The summed E-state index contributed by atoms with van der Waals surface area (Å²) >= 11 is 5.87. The van der Waals surface area contributed by atoms with Gasteiger partial charge in [-0.3, -0.25) is 0 Å². The van der Waals surface area contributed by atoms with Crippen molar-refractivity contribution in [3.05, 3.63) is 0 Å². The molecular weight excluding hydrogens is 268 g/mol. The lowest BCUT2D eigenvalue weighted by atomic mass is 9.91. The Morgan fingerprint density at radius 3 is 2.60 bits per heavy atom. The maximum absolute atomic E-state index is 3.64. The van der Waals surface area contributed by atoms with E-state index in [9.17, 15) is 0 Å². The van der Waals surface area contributed by atoms with Gasteiger partial charge in [0.2, 0.25) is 0 Å². The predicted octanol–water partition coefficient (Wildman–Crippen LogP) is 4.97. The molecule has 0 aromatic rings. The maximum Gasteiger partial charge on any atom is 0.00700 e. The molecule has 1 fully saturated rings. The summed E-state index contributed by atoms with van der Waals surface area (Å²) in [6.45, 7) is 7.10. The Balaban J connectivity index is 2.23. The van der Waals surface area contributed by atoms with E-state index in [2.05, 4.69) is 48.5 Å².